The SMILES string of the molecule is CCn1c(=O)[nH]c(Br)c(C)c1=O. The van der Waals surface area contributed by atoms with Crippen molar-refractivity contribution >= 4 is 15.9 Å². The van der Waals surface area contributed by atoms with Crippen LogP contribution in [-0.2, 0) is 6.54 Å². The van der Waals surface area contributed by atoms with Gasteiger partial charge in [0.25, 0.3) is 5.56 Å². The zero-order valence-electron chi connectivity index (χ0n) is 6.85. The van der Waals surface area contributed by atoms with E-state index in [9.17, 15) is 9.59 Å². The Morgan fingerprint density at radius 2 is 2.08 bits per heavy atom. The Balaban J connectivity index is 3.64. The van der Waals surface area contributed by atoms with E-state index >= 15 is 0 Å². The van der Waals surface area contributed by atoms with E-state index in [1.165, 1.54) is 0 Å². The zero-order valence-corrected chi connectivity index (χ0v) is 8.43. The fourth-order valence-electron chi connectivity index (χ4n) is 0.931. The average Bonchev–Trinajstić information content (AvgIpc) is 2.01. The van der Waals surface area contributed by atoms with Crippen molar-refractivity contribution in [3.05, 3.63) is 31.0 Å². The topological polar surface area (TPSA) is 54.9 Å². The van der Waals surface area contributed by atoms with Crippen LogP contribution in [0.4, 0.5) is 0 Å². The first-order chi connectivity index (χ1) is 5.57. The van der Waals surface area contributed by atoms with Crippen molar-refractivity contribution in [3.63, 3.8) is 0 Å². The summed E-state index contributed by atoms with van der Waals surface area (Å²) >= 11 is 3.09. The molecular formula is C7H9BrN2O2. The summed E-state index contributed by atoms with van der Waals surface area (Å²) in [6.45, 7) is 3.81. The molecule has 0 saturated carbocycles. The first-order valence-corrected chi connectivity index (χ1v) is 4.36. The van der Waals surface area contributed by atoms with Crippen LogP contribution in [-0.4, -0.2) is 9.55 Å². The second-order valence-electron chi connectivity index (χ2n) is 2.42. The third-order valence-electron chi connectivity index (χ3n) is 1.67. The van der Waals surface area contributed by atoms with Crippen LogP contribution in [0.25, 0.3) is 0 Å². The molecule has 0 saturated heterocycles. The number of aromatic amines is 1. The van der Waals surface area contributed by atoms with Gasteiger partial charge in [0.2, 0.25) is 0 Å². The standard InChI is InChI=1S/C7H9BrN2O2/c1-3-10-6(11)4(2)5(8)9-7(10)12/h3H2,1-2H3,(H,9,12). The van der Waals surface area contributed by atoms with Crippen LogP contribution in [0.2, 0.25) is 0 Å². The Hall–Kier alpha value is -0.840. The van der Waals surface area contributed by atoms with Gasteiger partial charge in [-0.15, -0.1) is 0 Å². The Bertz CT molecular complexity index is 405. The number of halogens is 1. The summed E-state index contributed by atoms with van der Waals surface area (Å²) in [6, 6.07) is 0. The fourth-order valence-corrected chi connectivity index (χ4v) is 1.27. The lowest BCUT2D eigenvalue weighted by Gasteiger charge is -2.02. The molecule has 5 heteroatoms. The van der Waals surface area contributed by atoms with E-state index in [-0.39, 0.29) is 11.2 Å². The molecule has 0 fully saturated rings. The molecule has 66 valence electrons. The summed E-state index contributed by atoms with van der Waals surface area (Å²) in [4.78, 5) is 25.0. The Morgan fingerprint density at radius 3 is 2.58 bits per heavy atom. The van der Waals surface area contributed by atoms with Crippen molar-refractivity contribution in [2.24, 2.45) is 0 Å². The molecule has 1 heterocycles. The molecule has 0 aliphatic carbocycles. The van der Waals surface area contributed by atoms with E-state index < -0.39 is 0 Å². The highest BCUT2D eigenvalue weighted by Crippen LogP contribution is 2.03. The average molecular weight is 233 g/mol. The lowest BCUT2D eigenvalue weighted by atomic mass is 10.4. The van der Waals surface area contributed by atoms with Crippen LogP contribution in [0.15, 0.2) is 14.2 Å². The number of aromatic nitrogens is 2. The first kappa shape index (κ1) is 9.25. The van der Waals surface area contributed by atoms with Gasteiger partial charge >= 0.3 is 5.69 Å². The number of nitrogens with one attached hydrogen (secondary N) is 1. The largest absolute Gasteiger partial charge is 0.329 e. The van der Waals surface area contributed by atoms with Crippen LogP contribution in [0.5, 0.6) is 0 Å². The van der Waals surface area contributed by atoms with Gasteiger partial charge in [-0.2, -0.15) is 0 Å². The highest BCUT2D eigenvalue weighted by atomic mass is 79.9. The number of hydrogen-bond donors (Lipinski definition) is 1. The predicted octanol–water partition coefficient (Wildman–Crippen LogP) is 0.627. The summed E-state index contributed by atoms with van der Waals surface area (Å²) in [6.07, 6.45) is 0. The van der Waals surface area contributed by atoms with Crippen molar-refractivity contribution in [2.75, 3.05) is 0 Å². The van der Waals surface area contributed by atoms with Crippen molar-refractivity contribution in [1.82, 2.24) is 9.55 Å². The molecule has 0 bridgehead atoms. The molecule has 12 heavy (non-hydrogen) atoms. The summed E-state index contributed by atoms with van der Waals surface area (Å²) in [5.41, 5.74) is -0.0930. The van der Waals surface area contributed by atoms with E-state index in [1.54, 1.807) is 13.8 Å². The Labute approximate surface area is 77.4 Å². The quantitative estimate of drug-likeness (QED) is 0.723. The number of rotatable bonds is 1. The number of hydrogen-bond acceptors (Lipinski definition) is 2. The highest BCUT2D eigenvalue weighted by molar-refractivity contribution is 9.10. The molecule has 0 aromatic carbocycles. The molecule has 1 N–H and O–H groups in total. The molecule has 1 aromatic rings. The molecule has 0 aliphatic heterocycles. The zero-order chi connectivity index (χ0) is 9.30. The Morgan fingerprint density at radius 1 is 1.50 bits per heavy atom. The van der Waals surface area contributed by atoms with Gasteiger partial charge in [0, 0.05) is 12.1 Å². The van der Waals surface area contributed by atoms with E-state index in [0.717, 1.165) is 4.57 Å². The minimum atomic E-state index is -0.375. The fraction of sp³-hybridized carbons (Fsp3) is 0.429. The van der Waals surface area contributed by atoms with Gasteiger partial charge in [-0.05, 0) is 29.8 Å². The third-order valence-corrected chi connectivity index (χ3v) is 2.47. The lowest BCUT2D eigenvalue weighted by molar-refractivity contribution is 0.662. The van der Waals surface area contributed by atoms with Crippen LogP contribution in [0.1, 0.15) is 12.5 Å². The van der Waals surface area contributed by atoms with E-state index in [4.69, 9.17) is 0 Å². The Kier molecular flexibility index (Phi) is 2.52. The third kappa shape index (κ3) is 1.36. The molecular weight excluding hydrogens is 224 g/mol. The maximum Gasteiger partial charge on any atom is 0.329 e. The normalized spacial score (nSPS) is 10.2. The molecule has 1 aromatic heterocycles. The lowest BCUT2D eigenvalue weighted by Crippen LogP contribution is -2.35. The molecule has 0 unspecified atom stereocenters. The van der Waals surface area contributed by atoms with Crippen molar-refractivity contribution < 1.29 is 0 Å². The summed E-state index contributed by atoms with van der Waals surface area (Å²) in [7, 11) is 0. The molecule has 4 nitrogen and oxygen atoms in total. The van der Waals surface area contributed by atoms with Crippen LogP contribution < -0.4 is 11.2 Å². The van der Waals surface area contributed by atoms with Gasteiger partial charge < -0.3 is 4.98 Å². The smallest absolute Gasteiger partial charge is 0.301 e. The van der Waals surface area contributed by atoms with Gasteiger partial charge in [-0.25, -0.2) is 4.79 Å². The van der Waals surface area contributed by atoms with Crippen LogP contribution >= 0.6 is 15.9 Å². The van der Waals surface area contributed by atoms with Crippen LogP contribution in [0.3, 0.4) is 0 Å². The molecule has 0 aliphatic rings. The van der Waals surface area contributed by atoms with Gasteiger partial charge in [0.1, 0.15) is 0 Å². The van der Waals surface area contributed by atoms with Crippen LogP contribution in [0, 0.1) is 6.92 Å². The minimum absolute atomic E-state index is 0.242. The van der Waals surface area contributed by atoms with Gasteiger partial charge in [0.15, 0.2) is 0 Å². The number of H-pyrrole nitrogens is 1. The summed E-state index contributed by atoms with van der Waals surface area (Å²) in [5, 5.41) is 0. The van der Waals surface area contributed by atoms with Gasteiger partial charge in [-0.1, -0.05) is 0 Å². The second kappa shape index (κ2) is 3.26. The van der Waals surface area contributed by atoms with Crippen molar-refractivity contribution in [1.29, 1.82) is 0 Å². The molecule has 0 amide bonds. The predicted molar refractivity (Wildman–Crippen MR) is 49.4 cm³/mol. The summed E-state index contributed by atoms with van der Waals surface area (Å²) < 4.78 is 1.61. The van der Waals surface area contributed by atoms with E-state index in [1.807, 2.05) is 0 Å². The second-order valence-corrected chi connectivity index (χ2v) is 3.21. The molecule has 0 spiro atoms. The maximum absolute atomic E-state index is 11.4. The van der Waals surface area contributed by atoms with E-state index in [0.29, 0.717) is 16.7 Å². The highest BCUT2D eigenvalue weighted by Gasteiger charge is 2.05. The number of nitrogens with zero attached hydrogens (tertiary/aromatic N) is 1. The first-order valence-electron chi connectivity index (χ1n) is 3.57. The van der Waals surface area contributed by atoms with Gasteiger partial charge in [-0.3, -0.25) is 9.36 Å². The molecule has 0 atom stereocenters. The molecule has 0 radical (unpaired) electrons. The minimum Gasteiger partial charge on any atom is -0.301 e. The van der Waals surface area contributed by atoms with E-state index in [2.05, 4.69) is 20.9 Å². The van der Waals surface area contributed by atoms with Crippen molar-refractivity contribution in [2.45, 2.75) is 20.4 Å². The van der Waals surface area contributed by atoms with Gasteiger partial charge in [0.05, 0.1) is 4.60 Å². The maximum atomic E-state index is 11.4. The monoisotopic (exact) mass is 232 g/mol. The summed E-state index contributed by atoms with van der Waals surface area (Å²) in [5.74, 6) is 0. The van der Waals surface area contributed by atoms with Crippen molar-refractivity contribution in [3.8, 4) is 0 Å². The molecule has 1 rings (SSSR count).